The number of aliphatic hydroxyl groups excluding tert-OH is 1. The highest BCUT2D eigenvalue weighted by molar-refractivity contribution is 7.10. The van der Waals surface area contributed by atoms with Crippen molar-refractivity contribution in [3.05, 3.63) is 38.4 Å². The molecule has 0 aliphatic rings. The molecular weight excluding hydrogens is 290 g/mol. The van der Waals surface area contributed by atoms with Crippen molar-refractivity contribution in [2.24, 2.45) is 7.05 Å². The Hall–Kier alpha value is -2.50. The highest BCUT2D eigenvalue weighted by Gasteiger charge is 2.10. The Balaban J connectivity index is 1.93. The van der Waals surface area contributed by atoms with E-state index in [1.165, 1.54) is 26.9 Å². The van der Waals surface area contributed by atoms with Crippen LogP contribution in [0.2, 0.25) is 0 Å². The zero-order chi connectivity index (χ0) is 14.8. The Labute approximate surface area is 123 Å². The van der Waals surface area contributed by atoms with Crippen LogP contribution in [-0.4, -0.2) is 36.5 Å². The van der Waals surface area contributed by atoms with Gasteiger partial charge in [-0.3, -0.25) is 4.79 Å². The van der Waals surface area contributed by atoms with Gasteiger partial charge < -0.3 is 5.11 Å². The minimum atomic E-state index is -0.218. The summed E-state index contributed by atoms with van der Waals surface area (Å²) in [7, 11) is 1.71. The van der Waals surface area contributed by atoms with E-state index in [0.29, 0.717) is 17.6 Å². The predicted octanol–water partition coefficient (Wildman–Crippen LogP) is -0.0214. The highest BCUT2D eigenvalue weighted by atomic mass is 32.1. The van der Waals surface area contributed by atoms with Gasteiger partial charge in [-0.2, -0.15) is 5.10 Å². The first-order valence-electron chi connectivity index (χ1n) is 6.11. The third kappa shape index (κ3) is 2.56. The third-order valence-corrected chi connectivity index (χ3v) is 3.81. The first-order valence-corrected chi connectivity index (χ1v) is 6.99. The first-order chi connectivity index (χ1) is 10.2. The zero-order valence-electron chi connectivity index (χ0n) is 11.1. The van der Waals surface area contributed by atoms with Crippen LogP contribution in [0.5, 0.6) is 0 Å². The predicted molar refractivity (Wildman–Crippen MR) is 77.9 cm³/mol. The summed E-state index contributed by atoms with van der Waals surface area (Å²) in [5.41, 5.74) is 1.06. The smallest absolute Gasteiger partial charge is 0.281 e. The molecule has 0 aliphatic heterocycles. The van der Waals surface area contributed by atoms with Crippen molar-refractivity contribution in [1.29, 1.82) is 0 Å². The summed E-state index contributed by atoms with van der Waals surface area (Å²) in [6.07, 6.45) is 1.50. The van der Waals surface area contributed by atoms with Gasteiger partial charge in [0.25, 0.3) is 5.56 Å². The van der Waals surface area contributed by atoms with Crippen molar-refractivity contribution >= 4 is 22.4 Å². The van der Waals surface area contributed by atoms with Crippen LogP contribution in [0, 0.1) is 11.8 Å². The van der Waals surface area contributed by atoms with Crippen LogP contribution < -0.4 is 5.56 Å². The molecule has 0 unspecified atom stereocenters. The number of hydrogen-bond donors (Lipinski definition) is 1. The van der Waals surface area contributed by atoms with E-state index >= 15 is 0 Å². The Morgan fingerprint density at radius 1 is 1.48 bits per heavy atom. The van der Waals surface area contributed by atoms with Gasteiger partial charge in [-0.05, 0) is 6.07 Å². The number of thiophene rings is 1. The van der Waals surface area contributed by atoms with E-state index in [-0.39, 0.29) is 12.2 Å². The molecule has 3 aromatic heterocycles. The monoisotopic (exact) mass is 301 g/mol. The Morgan fingerprint density at radius 2 is 2.33 bits per heavy atom. The highest BCUT2D eigenvalue weighted by Crippen LogP contribution is 2.14. The lowest BCUT2D eigenvalue weighted by Gasteiger charge is -2.00. The molecule has 3 aromatic rings. The Kier molecular flexibility index (Phi) is 3.51. The first kappa shape index (κ1) is 13.5. The van der Waals surface area contributed by atoms with Crippen LogP contribution in [0.4, 0.5) is 0 Å². The molecule has 0 saturated carbocycles. The number of rotatable bonds is 2. The third-order valence-electron chi connectivity index (χ3n) is 2.89. The van der Waals surface area contributed by atoms with Crippen molar-refractivity contribution in [2.75, 3.05) is 6.61 Å². The molecule has 0 bridgehead atoms. The number of aliphatic hydroxyl groups is 1. The number of hydrogen-bond acceptors (Lipinski definition) is 6. The average molecular weight is 301 g/mol. The number of aromatic nitrogens is 5. The maximum Gasteiger partial charge on any atom is 0.281 e. The van der Waals surface area contributed by atoms with E-state index in [0.717, 1.165) is 10.4 Å². The van der Waals surface area contributed by atoms with Gasteiger partial charge in [-0.25, -0.2) is 9.36 Å². The second-order valence-electron chi connectivity index (χ2n) is 4.32. The van der Waals surface area contributed by atoms with Gasteiger partial charge in [0.05, 0.1) is 12.7 Å². The van der Waals surface area contributed by atoms with Crippen molar-refractivity contribution in [1.82, 2.24) is 24.8 Å². The van der Waals surface area contributed by atoms with Gasteiger partial charge in [0.1, 0.15) is 12.0 Å². The summed E-state index contributed by atoms with van der Waals surface area (Å²) in [6.45, 7) is 0.163. The topological polar surface area (TPSA) is 85.8 Å². The molecule has 8 heteroatoms. The maximum atomic E-state index is 12.3. The van der Waals surface area contributed by atoms with Crippen molar-refractivity contribution < 1.29 is 5.11 Å². The molecule has 0 fully saturated rings. The molecule has 1 N–H and O–H groups in total. The number of fused-ring (bicyclic) bond motifs is 1. The van der Waals surface area contributed by atoms with Gasteiger partial charge in [-0.1, -0.05) is 17.1 Å². The molecule has 0 spiro atoms. The molecule has 0 atom stereocenters. The van der Waals surface area contributed by atoms with Crippen LogP contribution >= 0.6 is 11.3 Å². The van der Waals surface area contributed by atoms with Crippen LogP contribution in [0.15, 0.2) is 22.4 Å². The molecule has 21 heavy (non-hydrogen) atoms. The lowest BCUT2D eigenvalue weighted by atomic mass is 10.3. The van der Waals surface area contributed by atoms with Gasteiger partial charge in [0, 0.05) is 22.9 Å². The summed E-state index contributed by atoms with van der Waals surface area (Å²) in [6, 6.07) is 1.87. The van der Waals surface area contributed by atoms with Crippen LogP contribution in [0.25, 0.3) is 11.0 Å². The standard InChI is InChI=1S/C13H11N5O2S/c1-17-12-11(6-14-17)13(20)18(16-15-12)7-10-5-9(8-21-10)3-2-4-19/h5-6,8,19H,4,7H2,1H3. The quantitative estimate of drug-likeness (QED) is 0.672. The molecule has 7 nitrogen and oxygen atoms in total. The van der Waals surface area contributed by atoms with Crippen LogP contribution in [0.1, 0.15) is 10.4 Å². The molecule has 0 aromatic carbocycles. The van der Waals surface area contributed by atoms with Crippen LogP contribution in [0.3, 0.4) is 0 Å². The summed E-state index contributed by atoms with van der Waals surface area (Å²) in [4.78, 5) is 13.2. The van der Waals surface area contributed by atoms with Crippen LogP contribution in [-0.2, 0) is 13.6 Å². The average Bonchev–Trinajstić information content (AvgIpc) is 3.07. The van der Waals surface area contributed by atoms with Crippen molar-refractivity contribution in [3.63, 3.8) is 0 Å². The van der Waals surface area contributed by atoms with Gasteiger partial charge in [0.15, 0.2) is 5.65 Å². The van der Waals surface area contributed by atoms with Gasteiger partial charge in [0.2, 0.25) is 0 Å². The van der Waals surface area contributed by atoms with E-state index in [1.54, 1.807) is 7.05 Å². The SMILES string of the molecule is Cn1ncc2c(=O)n(Cc3cc(C#CCO)cs3)nnc21. The fourth-order valence-electron chi connectivity index (χ4n) is 1.90. The molecule has 0 radical (unpaired) electrons. The summed E-state index contributed by atoms with van der Waals surface area (Å²) >= 11 is 1.48. The maximum absolute atomic E-state index is 12.3. The molecule has 0 saturated heterocycles. The summed E-state index contributed by atoms with van der Waals surface area (Å²) in [5, 5.41) is 22.9. The van der Waals surface area contributed by atoms with E-state index in [9.17, 15) is 4.79 Å². The number of aryl methyl sites for hydroxylation is 1. The number of nitrogens with zero attached hydrogens (tertiary/aromatic N) is 5. The fourth-order valence-corrected chi connectivity index (χ4v) is 2.70. The molecule has 0 aliphatic carbocycles. The van der Waals surface area contributed by atoms with Gasteiger partial charge >= 0.3 is 0 Å². The molecule has 106 valence electrons. The normalized spacial score (nSPS) is 10.6. The largest absolute Gasteiger partial charge is 0.384 e. The summed E-state index contributed by atoms with van der Waals surface area (Å²) < 4.78 is 2.82. The minimum absolute atomic E-state index is 0.173. The Morgan fingerprint density at radius 3 is 3.14 bits per heavy atom. The second kappa shape index (κ2) is 5.47. The molecule has 3 heterocycles. The van der Waals surface area contributed by atoms with E-state index in [1.807, 2.05) is 11.4 Å². The molecule has 3 rings (SSSR count). The van der Waals surface area contributed by atoms with E-state index in [2.05, 4.69) is 27.3 Å². The Bertz CT molecular complexity index is 912. The lowest BCUT2D eigenvalue weighted by molar-refractivity contribution is 0.350. The van der Waals surface area contributed by atoms with Crippen molar-refractivity contribution in [2.45, 2.75) is 6.54 Å². The second-order valence-corrected chi connectivity index (χ2v) is 5.32. The zero-order valence-corrected chi connectivity index (χ0v) is 12.0. The summed E-state index contributed by atoms with van der Waals surface area (Å²) in [5.74, 6) is 5.41. The molecule has 0 amide bonds. The van der Waals surface area contributed by atoms with Crippen molar-refractivity contribution in [3.8, 4) is 11.8 Å². The minimum Gasteiger partial charge on any atom is -0.384 e. The van der Waals surface area contributed by atoms with E-state index < -0.39 is 0 Å². The van der Waals surface area contributed by atoms with E-state index in [4.69, 9.17) is 5.11 Å². The molecular formula is C13H11N5O2S. The van der Waals surface area contributed by atoms with Gasteiger partial charge in [-0.15, -0.1) is 16.4 Å². The lowest BCUT2D eigenvalue weighted by Crippen LogP contribution is -2.24. The fraction of sp³-hybridized carbons (Fsp3) is 0.231.